The van der Waals surface area contributed by atoms with Crippen LogP contribution in [0.4, 0.5) is 0 Å². The molecule has 130 valence electrons. The molecule has 6 nitrogen and oxygen atoms in total. The number of carbonyl (C=O) groups is 1. The number of ether oxygens (including phenoxy) is 2. The lowest BCUT2D eigenvalue weighted by molar-refractivity contribution is -0.140. The van der Waals surface area contributed by atoms with Crippen molar-refractivity contribution in [2.45, 2.75) is 32.9 Å². The number of nitrogens with zero attached hydrogens (tertiary/aromatic N) is 1. The van der Waals surface area contributed by atoms with Gasteiger partial charge in [-0.2, -0.15) is 0 Å². The first-order chi connectivity index (χ1) is 11.3. The third-order valence-electron chi connectivity index (χ3n) is 3.84. The van der Waals surface area contributed by atoms with Crippen LogP contribution in [0.2, 0.25) is 0 Å². The third-order valence-corrected chi connectivity index (χ3v) is 3.84. The van der Waals surface area contributed by atoms with Gasteiger partial charge < -0.3 is 19.4 Å². The minimum Gasteiger partial charge on any atom is -0.497 e. The van der Waals surface area contributed by atoms with Crippen LogP contribution < -0.4 is 10.3 Å². The fourth-order valence-corrected chi connectivity index (χ4v) is 2.54. The summed E-state index contributed by atoms with van der Waals surface area (Å²) in [5.41, 5.74) is 0.604. The molecular formula is C18H24N2O4. The Bertz CT molecular complexity index is 790. The van der Waals surface area contributed by atoms with Gasteiger partial charge in [0.15, 0.2) is 0 Å². The molecule has 0 aliphatic rings. The average Bonchev–Trinajstić information content (AvgIpc) is 2.51. The lowest BCUT2D eigenvalue weighted by Crippen LogP contribution is -2.47. The highest BCUT2D eigenvalue weighted by atomic mass is 16.5. The monoisotopic (exact) mass is 332 g/mol. The van der Waals surface area contributed by atoms with Gasteiger partial charge in [-0.3, -0.25) is 9.59 Å². The zero-order chi connectivity index (χ0) is 17.9. The molecule has 2 rings (SSSR count). The summed E-state index contributed by atoms with van der Waals surface area (Å²) in [5.74, 6) is 0.525. The molecule has 1 aromatic carbocycles. The van der Waals surface area contributed by atoms with Crippen molar-refractivity contribution in [3.63, 3.8) is 0 Å². The van der Waals surface area contributed by atoms with Gasteiger partial charge >= 0.3 is 0 Å². The normalized spacial score (nSPS) is 11.5. The van der Waals surface area contributed by atoms with E-state index in [2.05, 4.69) is 4.98 Å². The second kappa shape index (κ2) is 7.05. The van der Waals surface area contributed by atoms with E-state index < -0.39 is 5.54 Å². The zero-order valence-corrected chi connectivity index (χ0v) is 14.8. The highest BCUT2D eigenvalue weighted by Crippen LogP contribution is 2.21. The summed E-state index contributed by atoms with van der Waals surface area (Å²) in [5, 5.41) is 0.887. The Morgan fingerprint density at radius 2 is 1.92 bits per heavy atom. The SMILES string of the molecule is COCC(=O)N(Cc1cc2ccc(OC)cc2[nH]c1=O)C(C)(C)C. The number of aromatic amines is 1. The van der Waals surface area contributed by atoms with E-state index in [1.165, 1.54) is 7.11 Å². The van der Waals surface area contributed by atoms with E-state index in [0.717, 1.165) is 5.39 Å². The number of fused-ring (bicyclic) bond motifs is 1. The van der Waals surface area contributed by atoms with Crippen LogP contribution in [0.25, 0.3) is 10.9 Å². The number of rotatable bonds is 5. The second-order valence-electron chi connectivity index (χ2n) is 6.66. The summed E-state index contributed by atoms with van der Waals surface area (Å²) in [6.45, 7) is 6.00. The lowest BCUT2D eigenvalue weighted by Gasteiger charge is -2.35. The van der Waals surface area contributed by atoms with E-state index in [1.807, 2.05) is 39.0 Å². The van der Waals surface area contributed by atoms with Crippen LogP contribution in [-0.2, 0) is 16.1 Å². The largest absolute Gasteiger partial charge is 0.497 e. The van der Waals surface area contributed by atoms with Gasteiger partial charge in [-0.25, -0.2) is 0 Å². The molecule has 0 saturated heterocycles. The van der Waals surface area contributed by atoms with Crippen LogP contribution >= 0.6 is 0 Å². The van der Waals surface area contributed by atoms with Crippen LogP contribution in [0, 0.1) is 0 Å². The zero-order valence-electron chi connectivity index (χ0n) is 14.8. The quantitative estimate of drug-likeness (QED) is 0.912. The Morgan fingerprint density at radius 3 is 2.50 bits per heavy atom. The standard InChI is InChI=1S/C18H24N2O4/c1-18(2,3)20(16(21)11-23-4)10-13-8-12-6-7-14(24-5)9-15(12)19-17(13)22/h6-9H,10-11H2,1-5H3,(H,19,22). The number of carbonyl (C=O) groups excluding carboxylic acids is 1. The molecule has 24 heavy (non-hydrogen) atoms. The van der Waals surface area contributed by atoms with Crippen molar-refractivity contribution in [3.05, 3.63) is 40.2 Å². The maximum absolute atomic E-state index is 12.4. The minimum absolute atomic E-state index is 0.0139. The van der Waals surface area contributed by atoms with E-state index in [-0.39, 0.29) is 24.6 Å². The van der Waals surface area contributed by atoms with E-state index in [4.69, 9.17) is 9.47 Å². The number of amides is 1. The van der Waals surface area contributed by atoms with Crippen molar-refractivity contribution >= 4 is 16.8 Å². The molecule has 0 radical (unpaired) electrons. The first-order valence-electron chi connectivity index (χ1n) is 7.75. The Labute approximate surface area is 141 Å². The predicted molar refractivity (Wildman–Crippen MR) is 93.3 cm³/mol. The van der Waals surface area contributed by atoms with Gasteiger partial charge in [0.25, 0.3) is 5.56 Å². The Morgan fingerprint density at radius 1 is 1.21 bits per heavy atom. The van der Waals surface area contributed by atoms with Crippen molar-refractivity contribution in [1.82, 2.24) is 9.88 Å². The average molecular weight is 332 g/mol. The molecule has 0 aliphatic heterocycles. The Hall–Kier alpha value is -2.34. The molecule has 2 aromatic rings. The number of nitrogens with one attached hydrogen (secondary N) is 1. The van der Waals surface area contributed by atoms with Crippen molar-refractivity contribution < 1.29 is 14.3 Å². The fourth-order valence-electron chi connectivity index (χ4n) is 2.54. The maximum Gasteiger partial charge on any atom is 0.253 e. The first kappa shape index (κ1) is 18.0. The molecule has 1 aromatic heterocycles. The topological polar surface area (TPSA) is 71.6 Å². The van der Waals surface area contributed by atoms with Crippen molar-refractivity contribution in [2.75, 3.05) is 20.8 Å². The van der Waals surface area contributed by atoms with E-state index in [0.29, 0.717) is 16.8 Å². The van der Waals surface area contributed by atoms with Gasteiger partial charge in [-0.15, -0.1) is 0 Å². The van der Waals surface area contributed by atoms with Gasteiger partial charge in [-0.05, 0) is 44.4 Å². The summed E-state index contributed by atoms with van der Waals surface area (Å²) in [6, 6.07) is 7.30. The first-order valence-corrected chi connectivity index (χ1v) is 7.75. The van der Waals surface area contributed by atoms with Crippen LogP contribution in [0.15, 0.2) is 29.1 Å². The van der Waals surface area contributed by atoms with Crippen LogP contribution in [-0.4, -0.2) is 42.2 Å². The van der Waals surface area contributed by atoms with Crippen LogP contribution in [0.5, 0.6) is 5.75 Å². The number of hydrogen-bond acceptors (Lipinski definition) is 4. The number of hydrogen-bond donors (Lipinski definition) is 1. The molecule has 0 spiro atoms. The summed E-state index contributed by atoms with van der Waals surface area (Å²) >= 11 is 0. The molecule has 0 saturated carbocycles. The highest BCUT2D eigenvalue weighted by Gasteiger charge is 2.27. The smallest absolute Gasteiger partial charge is 0.253 e. The molecule has 0 fully saturated rings. The van der Waals surface area contributed by atoms with Crippen molar-refractivity contribution in [2.24, 2.45) is 0 Å². The summed E-state index contributed by atoms with van der Waals surface area (Å²) in [4.78, 5) is 29.2. The molecule has 0 atom stereocenters. The number of H-pyrrole nitrogens is 1. The highest BCUT2D eigenvalue weighted by molar-refractivity contribution is 5.81. The van der Waals surface area contributed by atoms with Crippen LogP contribution in [0.3, 0.4) is 0 Å². The molecule has 0 unspecified atom stereocenters. The van der Waals surface area contributed by atoms with Gasteiger partial charge in [-0.1, -0.05) is 0 Å². The molecule has 1 N–H and O–H groups in total. The van der Waals surface area contributed by atoms with E-state index >= 15 is 0 Å². The molecular weight excluding hydrogens is 308 g/mol. The van der Waals surface area contributed by atoms with Crippen LogP contribution in [0.1, 0.15) is 26.3 Å². The molecule has 6 heteroatoms. The Balaban J connectivity index is 2.41. The number of benzene rings is 1. The fraction of sp³-hybridized carbons (Fsp3) is 0.444. The van der Waals surface area contributed by atoms with Gasteiger partial charge in [0.1, 0.15) is 12.4 Å². The predicted octanol–water partition coefficient (Wildman–Crippen LogP) is 2.31. The van der Waals surface area contributed by atoms with Gasteiger partial charge in [0.2, 0.25) is 5.91 Å². The maximum atomic E-state index is 12.4. The van der Waals surface area contributed by atoms with Crippen molar-refractivity contribution in [3.8, 4) is 5.75 Å². The number of pyridine rings is 1. The summed E-state index contributed by atoms with van der Waals surface area (Å²) < 4.78 is 10.1. The number of aromatic nitrogens is 1. The summed E-state index contributed by atoms with van der Waals surface area (Å²) in [6.07, 6.45) is 0. The minimum atomic E-state index is -0.420. The van der Waals surface area contributed by atoms with Gasteiger partial charge in [0, 0.05) is 24.3 Å². The Kier molecular flexibility index (Phi) is 5.29. The van der Waals surface area contributed by atoms with Crippen molar-refractivity contribution in [1.29, 1.82) is 0 Å². The second-order valence-corrected chi connectivity index (χ2v) is 6.66. The molecule has 1 heterocycles. The molecule has 0 aliphatic carbocycles. The number of methoxy groups -OCH3 is 2. The third kappa shape index (κ3) is 3.94. The molecule has 1 amide bonds. The van der Waals surface area contributed by atoms with Gasteiger partial charge in [0.05, 0.1) is 19.2 Å². The van der Waals surface area contributed by atoms with E-state index in [1.54, 1.807) is 18.1 Å². The molecule has 0 bridgehead atoms. The van der Waals surface area contributed by atoms with E-state index in [9.17, 15) is 9.59 Å². The summed E-state index contributed by atoms with van der Waals surface area (Å²) in [7, 11) is 3.06. The lowest BCUT2D eigenvalue weighted by atomic mass is 10.0.